The summed E-state index contributed by atoms with van der Waals surface area (Å²) in [7, 11) is 0. The van der Waals surface area contributed by atoms with Crippen LogP contribution in [-0.2, 0) is 9.59 Å². The molecule has 0 spiro atoms. The van der Waals surface area contributed by atoms with Crippen molar-refractivity contribution < 1.29 is 36.3 Å². The Morgan fingerprint density at radius 3 is 2.61 bits per heavy atom. The van der Waals surface area contributed by atoms with Crippen LogP contribution in [0.5, 0.6) is 0 Å². The number of hydrogen-bond donors (Lipinski definition) is 3. The van der Waals surface area contributed by atoms with E-state index in [2.05, 4.69) is 15.6 Å². The van der Waals surface area contributed by atoms with E-state index in [0.29, 0.717) is 19.0 Å². The molecule has 3 aliphatic heterocycles. The first-order valence-corrected chi connectivity index (χ1v) is 12.3. The molecule has 0 radical (unpaired) electrons. The minimum absolute atomic E-state index is 0.0107. The molecule has 2 aromatic rings. The number of alkyl halides is 4. The van der Waals surface area contributed by atoms with E-state index in [9.17, 15) is 41.6 Å². The Balaban J connectivity index is 1.46. The zero-order valence-corrected chi connectivity index (χ0v) is 19.9. The van der Waals surface area contributed by atoms with E-state index in [1.165, 1.54) is 0 Å². The number of halogens is 5. The Bertz CT molecular complexity index is 1340. The second-order valence-electron chi connectivity index (χ2n) is 10.1. The van der Waals surface area contributed by atoms with Crippen molar-refractivity contribution in [2.45, 2.75) is 62.6 Å². The number of nitriles is 1. The monoisotopic (exact) mass is 537 g/mol. The molecule has 8 nitrogen and oxygen atoms in total. The lowest BCUT2D eigenvalue weighted by molar-refractivity contribution is -0.179. The lowest BCUT2D eigenvalue weighted by Gasteiger charge is -2.53. The number of amides is 3. The van der Waals surface area contributed by atoms with Gasteiger partial charge in [0.1, 0.15) is 23.6 Å². The number of rotatable bonds is 6. The quantitative estimate of drug-likeness (QED) is 0.490. The van der Waals surface area contributed by atoms with E-state index < -0.39 is 71.9 Å². The number of carbonyl (C=O) groups is 3. The molecule has 1 aromatic heterocycles. The van der Waals surface area contributed by atoms with Gasteiger partial charge in [-0.1, -0.05) is 0 Å². The Kier molecular flexibility index (Phi) is 6.53. The molecule has 3 amide bonds. The average Bonchev–Trinajstić information content (AvgIpc) is 3.47. The number of carbonyl (C=O) groups excluding carboxylic acids is 3. The van der Waals surface area contributed by atoms with Gasteiger partial charge in [0.25, 0.3) is 18.3 Å². The summed E-state index contributed by atoms with van der Waals surface area (Å²) in [5.41, 5.74) is -0.957. The maximum atomic E-state index is 14.9. The van der Waals surface area contributed by atoms with Gasteiger partial charge in [-0.15, -0.1) is 0 Å². The molecule has 1 aliphatic carbocycles. The lowest BCUT2D eigenvalue weighted by Crippen LogP contribution is -2.68. The van der Waals surface area contributed by atoms with Gasteiger partial charge in [-0.3, -0.25) is 14.4 Å². The maximum absolute atomic E-state index is 14.9. The van der Waals surface area contributed by atoms with Crippen molar-refractivity contribution in [1.82, 2.24) is 20.5 Å². The Morgan fingerprint density at radius 2 is 1.97 bits per heavy atom. The summed E-state index contributed by atoms with van der Waals surface area (Å²) in [5.74, 6) is -8.31. The molecule has 4 aliphatic rings. The van der Waals surface area contributed by atoms with Gasteiger partial charge in [-0.2, -0.15) is 5.26 Å². The first kappa shape index (κ1) is 25.9. The fraction of sp³-hybridized carbons (Fsp3) is 0.520. The molecular formula is C25H24F5N5O3. The van der Waals surface area contributed by atoms with Gasteiger partial charge in [0.05, 0.1) is 12.0 Å². The number of aromatic nitrogens is 1. The van der Waals surface area contributed by atoms with Crippen molar-refractivity contribution in [3.8, 4) is 6.07 Å². The highest BCUT2D eigenvalue weighted by molar-refractivity contribution is 6.01. The smallest absolute Gasteiger partial charge is 0.271 e. The van der Waals surface area contributed by atoms with Gasteiger partial charge in [-0.05, 0) is 43.9 Å². The summed E-state index contributed by atoms with van der Waals surface area (Å²) in [6, 6.07) is 0.789. The molecule has 4 fully saturated rings. The third kappa shape index (κ3) is 4.46. The van der Waals surface area contributed by atoms with Crippen molar-refractivity contribution >= 4 is 28.6 Å². The standard InChI is InChI=1S/C25H24F5N5O3/c26-12-6-16(21(27)28)15-8-19(34-18(15)7-12)24(38)35-14-1-2-17(25(29,30)9-14)20(35)23(37)33-13(10-31)5-11-3-4-32-22(11)36/h6-8,11,13-14,17,20-21,34H,1-5,9H2,(H,32,36)(H,33,37)/t11-,13-,14-,17-,20+/m0/s1. The summed E-state index contributed by atoms with van der Waals surface area (Å²) in [4.78, 5) is 42.5. The van der Waals surface area contributed by atoms with Crippen LogP contribution < -0.4 is 10.6 Å². The Hall–Kier alpha value is -3.69. The largest absolute Gasteiger partial charge is 0.356 e. The molecule has 3 saturated heterocycles. The number of fused-ring (bicyclic) bond motifs is 4. The highest BCUT2D eigenvalue weighted by Gasteiger charge is 2.60. The van der Waals surface area contributed by atoms with Gasteiger partial charge < -0.3 is 20.5 Å². The van der Waals surface area contributed by atoms with Crippen LogP contribution in [0.1, 0.15) is 54.6 Å². The van der Waals surface area contributed by atoms with E-state index in [-0.39, 0.29) is 41.8 Å². The van der Waals surface area contributed by atoms with Crippen LogP contribution in [0.3, 0.4) is 0 Å². The molecule has 2 bridgehead atoms. The molecule has 5 atom stereocenters. The maximum Gasteiger partial charge on any atom is 0.271 e. The van der Waals surface area contributed by atoms with E-state index >= 15 is 0 Å². The molecule has 0 unspecified atom stereocenters. The summed E-state index contributed by atoms with van der Waals surface area (Å²) in [6.07, 6.45) is -3.07. The topological polar surface area (TPSA) is 118 Å². The highest BCUT2D eigenvalue weighted by atomic mass is 19.3. The molecule has 202 valence electrons. The van der Waals surface area contributed by atoms with E-state index in [4.69, 9.17) is 0 Å². The number of hydrogen-bond acceptors (Lipinski definition) is 4. The van der Waals surface area contributed by atoms with Crippen LogP contribution in [0.2, 0.25) is 0 Å². The van der Waals surface area contributed by atoms with Gasteiger partial charge >= 0.3 is 0 Å². The summed E-state index contributed by atoms with van der Waals surface area (Å²) < 4.78 is 70.7. The fourth-order valence-corrected chi connectivity index (χ4v) is 6.02. The van der Waals surface area contributed by atoms with E-state index in [1.54, 1.807) is 0 Å². The molecular weight excluding hydrogens is 513 g/mol. The van der Waals surface area contributed by atoms with Crippen molar-refractivity contribution in [2.24, 2.45) is 11.8 Å². The van der Waals surface area contributed by atoms with Crippen molar-refractivity contribution in [2.75, 3.05) is 6.54 Å². The van der Waals surface area contributed by atoms with Crippen LogP contribution in [0.4, 0.5) is 22.0 Å². The second-order valence-corrected chi connectivity index (χ2v) is 10.1. The van der Waals surface area contributed by atoms with Crippen molar-refractivity contribution in [1.29, 1.82) is 5.26 Å². The summed E-state index contributed by atoms with van der Waals surface area (Å²) >= 11 is 0. The van der Waals surface area contributed by atoms with Gasteiger partial charge in [-0.25, -0.2) is 22.0 Å². The third-order valence-corrected chi connectivity index (χ3v) is 7.79. The molecule has 1 aromatic carbocycles. The normalized spacial score (nSPS) is 26.9. The fourth-order valence-electron chi connectivity index (χ4n) is 6.02. The predicted octanol–water partition coefficient (Wildman–Crippen LogP) is 3.41. The van der Waals surface area contributed by atoms with Crippen molar-refractivity contribution in [3.05, 3.63) is 35.3 Å². The summed E-state index contributed by atoms with van der Waals surface area (Å²) in [6.45, 7) is 0.429. The van der Waals surface area contributed by atoms with Crippen LogP contribution in [-0.4, -0.2) is 58.2 Å². The highest BCUT2D eigenvalue weighted by Crippen LogP contribution is 2.49. The minimum atomic E-state index is -3.25. The van der Waals surface area contributed by atoms with Crippen LogP contribution >= 0.6 is 0 Å². The molecule has 6 rings (SSSR count). The van der Waals surface area contributed by atoms with Crippen molar-refractivity contribution in [3.63, 3.8) is 0 Å². The zero-order valence-electron chi connectivity index (χ0n) is 19.9. The Labute approximate surface area is 213 Å². The second kappa shape index (κ2) is 9.56. The molecule has 1 saturated carbocycles. The Morgan fingerprint density at radius 1 is 1.21 bits per heavy atom. The van der Waals surface area contributed by atoms with Crippen LogP contribution in [0, 0.1) is 29.0 Å². The van der Waals surface area contributed by atoms with Gasteiger partial charge in [0.15, 0.2) is 0 Å². The number of H-pyrrole nitrogens is 1. The number of piperidine rings is 2. The molecule has 3 N–H and O–H groups in total. The van der Waals surface area contributed by atoms with Crippen LogP contribution in [0.25, 0.3) is 10.9 Å². The average molecular weight is 537 g/mol. The molecule has 38 heavy (non-hydrogen) atoms. The van der Waals surface area contributed by atoms with Crippen LogP contribution in [0.15, 0.2) is 18.2 Å². The minimum Gasteiger partial charge on any atom is -0.356 e. The van der Waals surface area contributed by atoms with E-state index in [1.807, 2.05) is 6.07 Å². The number of aromatic amines is 1. The zero-order chi connectivity index (χ0) is 27.4. The van der Waals surface area contributed by atoms with E-state index in [0.717, 1.165) is 17.0 Å². The lowest BCUT2D eigenvalue weighted by atomic mass is 9.71. The number of nitrogens with zero attached hydrogens (tertiary/aromatic N) is 2. The predicted molar refractivity (Wildman–Crippen MR) is 123 cm³/mol. The molecule has 4 heterocycles. The SMILES string of the molecule is N#C[C@H](C[C@@H]1CCNC1=O)NC(=O)[C@H]1[C@@H]2CC[C@@H](CC2(F)F)N1C(=O)c1cc2c(C(F)F)cc(F)cc2[nH]1. The van der Waals surface area contributed by atoms with Gasteiger partial charge in [0.2, 0.25) is 11.8 Å². The summed E-state index contributed by atoms with van der Waals surface area (Å²) in [5, 5.41) is 14.5. The number of benzene rings is 1. The first-order valence-electron chi connectivity index (χ1n) is 12.3. The first-order chi connectivity index (χ1) is 18.0. The molecule has 13 heteroatoms. The van der Waals surface area contributed by atoms with Gasteiger partial charge in [0, 0.05) is 41.4 Å². The third-order valence-electron chi connectivity index (χ3n) is 7.79. The number of nitrogens with one attached hydrogen (secondary N) is 3.